The molecule has 4 rings (SSSR count). The summed E-state index contributed by atoms with van der Waals surface area (Å²) in [4.78, 5) is 7.57. The number of fused-ring (bicyclic) bond motifs is 3. The fourth-order valence-electron chi connectivity index (χ4n) is 4.46. The summed E-state index contributed by atoms with van der Waals surface area (Å²) < 4.78 is 2.12. The number of aromatic nitrogens is 3. The van der Waals surface area contributed by atoms with Gasteiger partial charge in [0.25, 0.3) is 0 Å². The van der Waals surface area contributed by atoms with Crippen molar-refractivity contribution in [3.63, 3.8) is 0 Å². The average Bonchev–Trinajstić information content (AvgIpc) is 3.19. The highest BCUT2D eigenvalue weighted by Gasteiger charge is 2.31. The third-order valence-electron chi connectivity index (χ3n) is 5.89. The zero-order valence-corrected chi connectivity index (χ0v) is 16.5. The third-order valence-corrected chi connectivity index (χ3v) is 5.89. The summed E-state index contributed by atoms with van der Waals surface area (Å²) in [6, 6.07) is 9.09. The maximum Gasteiger partial charge on any atom is 0.165 e. The molecule has 0 bridgehead atoms. The summed E-state index contributed by atoms with van der Waals surface area (Å²) in [7, 11) is 0. The van der Waals surface area contributed by atoms with Gasteiger partial charge in [-0.15, -0.1) is 0 Å². The van der Waals surface area contributed by atoms with Crippen molar-refractivity contribution < 1.29 is 0 Å². The fourth-order valence-corrected chi connectivity index (χ4v) is 4.46. The minimum absolute atomic E-state index is 0.563. The van der Waals surface area contributed by atoms with Crippen molar-refractivity contribution in [3.8, 4) is 11.1 Å². The van der Waals surface area contributed by atoms with Crippen LogP contribution in [0.5, 0.6) is 0 Å². The second-order valence-electron chi connectivity index (χ2n) is 7.42. The van der Waals surface area contributed by atoms with Gasteiger partial charge >= 0.3 is 0 Å². The molecule has 0 amide bonds. The molecule has 0 spiro atoms. The zero-order chi connectivity index (χ0) is 18.4. The maximum atomic E-state index is 5.00. The van der Waals surface area contributed by atoms with Crippen molar-refractivity contribution in [1.29, 1.82) is 0 Å². The number of anilines is 1. The number of hydrogen-bond donors (Lipinski definition) is 0. The van der Waals surface area contributed by atoms with Gasteiger partial charge in [0, 0.05) is 29.4 Å². The van der Waals surface area contributed by atoms with Crippen LogP contribution in [0.4, 0.5) is 5.82 Å². The minimum atomic E-state index is 0.563. The molecule has 0 unspecified atom stereocenters. The number of aryl methyl sites for hydroxylation is 3. The van der Waals surface area contributed by atoms with Crippen LogP contribution in [-0.4, -0.2) is 27.2 Å². The molecule has 0 radical (unpaired) electrons. The van der Waals surface area contributed by atoms with Crippen LogP contribution in [0.25, 0.3) is 16.8 Å². The number of nitrogens with zero attached hydrogens (tertiary/aromatic N) is 4. The highest BCUT2D eigenvalue weighted by atomic mass is 15.4. The normalized spacial score (nSPS) is 13.8. The van der Waals surface area contributed by atoms with Crippen molar-refractivity contribution in [2.45, 2.75) is 59.9 Å². The van der Waals surface area contributed by atoms with E-state index in [1.807, 2.05) is 0 Å². The topological polar surface area (TPSA) is 33.4 Å². The van der Waals surface area contributed by atoms with Crippen molar-refractivity contribution in [1.82, 2.24) is 14.6 Å². The fraction of sp³-hybridized carbons (Fsp3) is 0.455. The van der Waals surface area contributed by atoms with Gasteiger partial charge in [-0.25, -0.2) is 4.98 Å². The zero-order valence-electron chi connectivity index (χ0n) is 16.5. The van der Waals surface area contributed by atoms with E-state index in [4.69, 9.17) is 10.1 Å². The molecular formula is C22H28N4. The van der Waals surface area contributed by atoms with Gasteiger partial charge in [0.2, 0.25) is 0 Å². The summed E-state index contributed by atoms with van der Waals surface area (Å²) in [6.45, 7) is 12.1. The molecule has 4 heteroatoms. The maximum absolute atomic E-state index is 5.00. The Labute approximate surface area is 155 Å². The average molecular weight is 348 g/mol. The van der Waals surface area contributed by atoms with Crippen LogP contribution in [0.3, 0.4) is 0 Å². The van der Waals surface area contributed by atoms with Crippen LogP contribution in [0.2, 0.25) is 0 Å². The molecule has 0 saturated heterocycles. The lowest BCUT2D eigenvalue weighted by molar-refractivity contribution is 0.563. The van der Waals surface area contributed by atoms with Crippen molar-refractivity contribution in [2.75, 3.05) is 11.4 Å². The molecule has 3 heterocycles. The van der Waals surface area contributed by atoms with Crippen LogP contribution in [0.1, 0.15) is 49.2 Å². The van der Waals surface area contributed by atoms with Crippen LogP contribution < -0.4 is 4.90 Å². The third kappa shape index (κ3) is 2.43. The van der Waals surface area contributed by atoms with E-state index in [2.05, 4.69) is 68.3 Å². The Morgan fingerprint density at radius 3 is 2.46 bits per heavy atom. The van der Waals surface area contributed by atoms with Gasteiger partial charge in [0.1, 0.15) is 5.82 Å². The van der Waals surface area contributed by atoms with Crippen LogP contribution in [-0.2, 0) is 6.42 Å². The molecule has 2 aromatic heterocycles. The Morgan fingerprint density at radius 1 is 1.04 bits per heavy atom. The summed E-state index contributed by atoms with van der Waals surface area (Å²) in [5, 5.41) is 4.96. The Hall–Kier alpha value is -2.36. The SMILES string of the molecule is CCC(CC)N1CCc2c(C)nc3c(-c4ccccc4C)c(C)nn3c21. The molecule has 4 nitrogen and oxygen atoms in total. The van der Waals surface area contributed by atoms with Gasteiger partial charge in [-0.1, -0.05) is 38.1 Å². The summed E-state index contributed by atoms with van der Waals surface area (Å²) >= 11 is 0. The van der Waals surface area contributed by atoms with Crippen LogP contribution in [0.15, 0.2) is 24.3 Å². The number of benzene rings is 1. The second kappa shape index (κ2) is 6.42. The van der Waals surface area contributed by atoms with Crippen LogP contribution in [0, 0.1) is 20.8 Å². The van der Waals surface area contributed by atoms with E-state index in [-0.39, 0.29) is 0 Å². The van der Waals surface area contributed by atoms with E-state index >= 15 is 0 Å². The minimum Gasteiger partial charge on any atom is -0.353 e. The lowest BCUT2D eigenvalue weighted by atomic mass is 10.0. The molecule has 3 aromatic rings. The van der Waals surface area contributed by atoms with Gasteiger partial charge in [-0.05, 0) is 51.2 Å². The number of hydrogen-bond acceptors (Lipinski definition) is 3. The van der Waals surface area contributed by atoms with E-state index in [9.17, 15) is 0 Å². The molecule has 0 saturated carbocycles. The summed E-state index contributed by atoms with van der Waals surface area (Å²) in [5.41, 5.74) is 8.23. The Morgan fingerprint density at radius 2 is 1.77 bits per heavy atom. The molecule has 0 atom stereocenters. The van der Waals surface area contributed by atoms with Gasteiger partial charge in [-0.2, -0.15) is 9.61 Å². The van der Waals surface area contributed by atoms with Crippen molar-refractivity contribution >= 4 is 11.5 Å². The molecule has 1 aromatic carbocycles. The van der Waals surface area contributed by atoms with Gasteiger partial charge in [0.05, 0.1) is 5.69 Å². The van der Waals surface area contributed by atoms with Gasteiger partial charge in [-0.3, -0.25) is 0 Å². The molecule has 0 fully saturated rings. The standard InChI is InChI=1S/C22H28N4/c1-6-17(7-2)25-13-12-19-15(4)23-21-20(16(5)24-26(21)22(19)25)18-11-9-8-10-14(18)3/h8-11,17H,6-7,12-13H2,1-5H3. The first-order valence-corrected chi connectivity index (χ1v) is 9.78. The predicted molar refractivity (Wildman–Crippen MR) is 108 cm³/mol. The second-order valence-corrected chi connectivity index (χ2v) is 7.42. The Bertz CT molecular complexity index is 966. The first-order chi connectivity index (χ1) is 12.6. The van der Waals surface area contributed by atoms with E-state index in [0.29, 0.717) is 6.04 Å². The van der Waals surface area contributed by atoms with E-state index in [1.165, 1.54) is 28.1 Å². The summed E-state index contributed by atoms with van der Waals surface area (Å²) in [6.07, 6.45) is 3.38. The van der Waals surface area contributed by atoms with Crippen LogP contribution >= 0.6 is 0 Å². The van der Waals surface area contributed by atoms with E-state index in [0.717, 1.165) is 42.8 Å². The van der Waals surface area contributed by atoms with E-state index < -0.39 is 0 Å². The smallest absolute Gasteiger partial charge is 0.165 e. The van der Waals surface area contributed by atoms with Crippen molar-refractivity contribution in [3.05, 3.63) is 46.8 Å². The molecule has 136 valence electrons. The molecular weight excluding hydrogens is 320 g/mol. The quantitative estimate of drug-likeness (QED) is 0.674. The Kier molecular flexibility index (Phi) is 4.22. The molecule has 26 heavy (non-hydrogen) atoms. The van der Waals surface area contributed by atoms with Crippen molar-refractivity contribution in [2.24, 2.45) is 0 Å². The largest absolute Gasteiger partial charge is 0.353 e. The highest BCUT2D eigenvalue weighted by Crippen LogP contribution is 2.37. The first-order valence-electron chi connectivity index (χ1n) is 9.78. The lowest BCUT2D eigenvalue weighted by Gasteiger charge is -2.28. The lowest BCUT2D eigenvalue weighted by Crippen LogP contribution is -2.34. The molecule has 1 aliphatic rings. The molecule has 0 aliphatic carbocycles. The first kappa shape index (κ1) is 17.1. The predicted octanol–water partition coefficient (Wildman–Crippen LogP) is 4.87. The molecule has 1 aliphatic heterocycles. The van der Waals surface area contributed by atoms with Gasteiger partial charge < -0.3 is 4.90 Å². The van der Waals surface area contributed by atoms with Gasteiger partial charge in [0.15, 0.2) is 5.65 Å². The highest BCUT2D eigenvalue weighted by molar-refractivity contribution is 5.83. The summed E-state index contributed by atoms with van der Waals surface area (Å²) in [5.74, 6) is 1.27. The monoisotopic (exact) mass is 348 g/mol. The van der Waals surface area contributed by atoms with E-state index in [1.54, 1.807) is 0 Å². The number of rotatable bonds is 4. The Balaban J connectivity index is 2.00. The molecule has 0 N–H and O–H groups in total.